The summed E-state index contributed by atoms with van der Waals surface area (Å²) in [5.74, 6) is 0.964. The van der Waals surface area contributed by atoms with Crippen molar-refractivity contribution in [3.63, 3.8) is 0 Å². The highest BCUT2D eigenvalue weighted by Crippen LogP contribution is 2.26. The standard InChI is InChI=1S/C13H11Br2N5O/c1-8(14)11-6-20(19-16-11)7-12-17-18-13(21-12)9-4-2-3-5-10(9)15/h2-6,8H,7H2,1H3. The lowest BCUT2D eigenvalue weighted by molar-refractivity contribution is 0.469. The van der Waals surface area contributed by atoms with Crippen LogP contribution in [0.2, 0.25) is 0 Å². The normalized spacial score (nSPS) is 12.5. The van der Waals surface area contributed by atoms with Crippen molar-refractivity contribution in [1.29, 1.82) is 0 Å². The molecule has 2 aromatic heterocycles. The van der Waals surface area contributed by atoms with Gasteiger partial charge in [0.15, 0.2) is 0 Å². The van der Waals surface area contributed by atoms with Crippen LogP contribution in [0.25, 0.3) is 11.5 Å². The lowest BCUT2D eigenvalue weighted by atomic mass is 10.2. The molecule has 3 rings (SSSR count). The molecule has 108 valence electrons. The van der Waals surface area contributed by atoms with Gasteiger partial charge < -0.3 is 4.42 Å². The van der Waals surface area contributed by atoms with E-state index in [9.17, 15) is 0 Å². The molecule has 1 atom stereocenters. The Morgan fingerprint density at radius 2 is 2.05 bits per heavy atom. The fourth-order valence-corrected chi connectivity index (χ4v) is 2.44. The van der Waals surface area contributed by atoms with Crippen LogP contribution in [0.5, 0.6) is 0 Å². The van der Waals surface area contributed by atoms with Crippen LogP contribution >= 0.6 is 31.9 Å². The van der Waals surface area contributed by atoms with Gasteiger partial charge in [-0.2, -0.15) is 0 Å². The second-order valence-corrected chi connectivity index (χ2v) is 6.67. The molecule has 0 fully saturated rings. The molecule has 2 heterocycles. The molecule has 0 bridgehead atoms. The SMILES string of the molecule is CC(Br)c1cn(Cc2nnc(-c3ccccc3Br)o2)nn1. The van der Waals surface area contributed by atoms with E-state index < -0.39 is 0 Å². The van der Waals surface area contributed by atoms with Crippen molar-refractivity contribution in [2.45, 2.75) is 18.3 Å². The predicted octanol–water partition coefficient (Wildman–Crippen LogP) is 3.59. The molecule has 0 amide bonds. The summed E-state index contributed by atoms with van der Waals surface area (Å²) in [6.45, 7) is 2.39. The molecule has 0 saturated heterocycles. The minimum absolute atomic E-state index is 0.157. The third kappa shape index (κ3) is 3.21. The maximum atomic E-state index is 5.67. The van der Waals surface area contributed by atoms with Crippen LogP contribution in [0.1, 0.15) is 23.3 Å². The van der Waals surface area contributed by atoms with E-state index in [0.717, 1.165) is 15.7 Å². The second kappa shape index (κ2) is 6.07. The van der Waals surface area contributed by atoms with Gasteiger partial charge in [0.25, 0.3) is 0 Å². The summed E-state index contributed by atoms with van der Waals surface area (Å²) < 4.78 is 8.26. The molecule has 0 saturated carbocycles. The lowest BCUT2D eigenvalue weighted by Gasteiger charge is -1.97. The zero-order chi connectivity index (χ0) is 14.8. The number of nitrogens with zero attached hydrogens (tertiary/aromatic N) is 5. The van der Waals surface area contributed by atoms with Crippen molar-refractivity contribution in [3.05, 3.63) is 46.5 Å². The third-order valence-corrected chi connectivity index (χ3v) is 3.99. The zero-order valence-corrected chi connectivity index (χ0v) is 14.2. The van der Waals surface area contributed by atoms with Gasteiger partial charge in [-0.25, -0.2) is 4.68 Å². The number of rotatable bonds is 4. The molecule has 0 spiro atoms. The highest BCUT2D eigenvalue weighted by atomic mass is 79.9. The van der Waals surface area contributed by atoms with Gasteiger partial charge in [0.1, 0.15) is 6.54 Å². The number of aromatic nitrogens is 5. The Kier molecular flexibility index (Phi) is 4.16. The Labute approximate surface area is 137 Å². The Morgan fingerprint density at radius 1 is 1.24 bits per heavy atom. The van der Waals surface area contributed by atoms with Gasteiger partial charge in [-0.15, -0.1) is 15.3 Å². The quantitative estimate of drug-likeness (QED) is 0.612. The van der Waals surface area contributed by atoms with E-state index in [-0.39, 0.29) is 4.83 Å². The summed E-state index contributed by atoms with van der Waals surface area (Å²) in [6, 6.07) is 7.70. The van der Waals surface area contributed by atoms with E-state index in [4.69, 9.17) is 4.42 Å². The Morgan fingerprint density at radius 3 is 2.76 bits per heavy atom. The molecular formula is C13H11Br2N5O. The second-order valence-electron chi connectivity index (χ2n) is 4.44. The van der Waals surface area contributed by atoms with Crippen LogP contribution in [-0.4, -0.2) is 25.2 Å². The Bertz CT molecular complexity index is 752. The average molecular weight is 413 g/mol. The average Bonchev–Trinajstić information content (AvgIpc) is 3.09. The highest BCUT2D eigenvalue weighted by Gasteiger charge is 2.13. The largest absolute Gasteiger partial charge is 0.419 e. The minimum Gasteiger partial charge on any atom is -0.419 e. The molecule has 8 heteroatoms. The first-order valence-electron chi connectivity index (χ1n) is 6.25. The zero-order valence-electron chi connectivity index (χ0n) is 11.1. The van der Waals surface area contributed by atoms with Crippen molar-refractivity contribution >= 4 is 31.9 Å². The predicted molar refractivity (Wildman–Crippen MR) is 83.9 cm³/mol. The first kappa shape index (κ1) is 14.4. The number of hydrogen-bond acceptors (Lipinski definition) is 5. The van der Waals surface area contributed by atoms with Crippen molar-refractivity contribution in [1.82, 2.24) is 25.2 Å². The third-order valence-electron chi connectivity index (χ3n) is 2.83. The van der Waals surface area contributed by atoms with Crippen LogP contribution in [-0.2, 0) is 6.54 Å². The molecule has 0 N–H and O–H groups in total. The molecule has 1 unspecified atom stereocenters. The van der Waals surface area contributed by atoms with Gasteiger partial charge >= 0.3 is 0 Å². The number of hydrogen-bond donors (Lipinski definition) is 0. The molecule has 0 aliphatic heterocycles. The molecule has 0 aliphatic carbocycles. The summed E-state index contributed by atoms with van der Waals surface area (Å²) >= 11 is 6.92. The maximum absolute atomic E-state index is 5.67. The van der Waals surface area contributed by atoms with Gasteiger partial charge in [-0.3, -0.25) is 0 Å². The Hall–Kier alpha value is -1.54. The molecule has 3 aromatic rings. The van der Waals surface area contributed by atoms with Crippen LogP contribution in [0.3, 0.4) is 0 Å². The number of halogens is 2. The highest BCUT2D eigenvalue weighted by molar-refractivity contribution is 9.10. The van der Waals surface area contributed by atoms with Gasteiger partial charge in [0, 0.05) is 4.47 Å². The van der Waals surface area contributed by atoms with E-state index in [1.807, 2.05) is 37.4 Å². The van der Waals surface area contributed by atoms with E-state index >= 15 is 0 Å². The molecule has 1 aromatic carbocycles. The monoisotopic (exact) mass is 411 g/mol. The fourth-order valence-electron chi connectivity index (χ4n) is 1.77. The number of alkyl halides is 1. The topological polar surface area (TPSA) is 69.6 Å². The molecule has 0 aliphatic rings. The van der Waals surface area contributed by atoms with Gasteiger partial charge in [0.2, 0.25) is 11.8 Å². The van der Waals surface area contributed by atoms with Crippen LogP contribution in [0.15, 0.2) is 39.4 Å². The minimum atomic E-state index is 0.157. The van der Waals surface area contributed by atoms with Gasteiger partial charge in [0.05, 0.1) is 22.3 Å². The van der Waals surface area contributed by atoms with E-state index in [1.54, 1.807) is 4.68 Å². The van der Waals surface area contributed by atoms with E-state index in [0.29, 0.717) is 18.3 Å². The van der Waals surface area contributed by atoms with E-state index in [1.165, 1.54) is 0 Å². The first-order chi connectivity index (χ1) is 10.1. The first-order valence-corrected chi connectivity index (χ1v) is 7.95. The Balaban J connectivity index is 1.80. The summed E-state index contributed by atoms with van der Waals surface area (Å²) in [5, 5.41) is 16.2. The summed E-state index contributed by atoms with van der Waals surface area (Å²) in [5.41, 5.74) is 1.73. The molecular weight excluding hydrogens is 402 g/mol. The molecule has 21 heavy (non-hydrogen) atoms. The smallest absolute Gasteiger partial charge is 0.248 e. The number of benzene rings is 1. The van der Waals surface area contributed by atoms with Gasteiger partial charge in [-0.05, 0) is 35.0 Å². The van der Waals surface area contributed by atoms with E-state index in [2.05, 4.69) is 52.4 Å². The van der Waals surface area contributed by atoms with Crippen LogP contribution < -0.4 is 0 Å². The van der Waals surface area contributed by atoms with Gasteiger partial charge in [-0.1, -0.05) is 33.3 Å². The van der Waals surface area contributed by atoms with Crippen LogP contribution in [0, 0.1) is 0 Å². The lowest BCUT2D eigenvalue weighted by Crippen LogP contribution is -2.00. The fraction of sp³-hybridized carbons (Fsp3) is 0.231. The van der Waals surface area contributed by atoms with Crippen molar-refractivity contribution in [2.24, 2.45) is 0 Å². The molecule has 6 nitrogen and oxygen atoms in total. The maximum Gasteiger partial charge on any atom is 0.248 e. The summed E-state index contributed by atoms with van der Waals surface area (Å²) in [4.78, 5) is 0.157. The van der Waals surface area contributed by atoms with Crippen molar-refractivity contribution in [3.8, 4) is 11.5 Å². The van der Waals surface area contributed by atoms with Crippen LogP contribution in [0.4, 0.5) is 0 Å². The van der Waals surface area contributed by atoms with Crippen molar-refractivity contribution in [2.75, 3.05) is 0 Å². The summed E-state index contributed by atoms with van der Waals surface area (Å²) in [7, 11) is 0. The molecule has 0 radical (unpaired) electrons. The summed E-state index contributed by atoms with van der Waals surface area (Å²) in [6.07, 6.45) is 1.85. The van der Waals surface area contributed by atoms with Crippen molar-refractivity contribution < 1.29 is 4.42 Å².